The predicted octanol–water partition coefficient (Wildman–Crippen LogP) is 2.57. The lowest BCUT2D eigenvalue weighted by Gasteiger charge is -2.04. The van der Waals surface area contributed by atoms with Gasteiger partial charge in [0.05, 0.1) is 18.9 Å². The summed E-state index contributed by atoms with van der Waals surface area (Å²) in [5, 5.41) is 0.0534. The van der Waals surface area contributed by atoms with E-state index in [1.54, 1.807) is 12.1 Å². The summed E-state index contributed by atoms with van der Waals surface area (Å²) in [5.41, 5.74) is 0.493. The molecule has 0 saturated heterocycles. The van der Waals surface area contributed by atoms with Crippen LogP contribution in [-0.4, -0.2) is 17.9 Å². The van der Waals surface area contributed by atoms with Crippen molar-refractivity contribution in [3.63, 3.8) is 0 Å². The number of halogens is 1. The number of ether oxygens (including phenoxy) is 1. The van der Waals surface area contributed by atoms with E-state index < -0.39 is 0 Å². The van der Waals surface area contributed by atoms with Gasteiger partial charge in [0.25, 0.3) is 0 Å². The summed E-state index contributed by atoms with van der Waals surface area (Å²) in [6.45, 7) is 0. The maximum atomic E-state index is 12.0. The van der Waals surface area contributed by atoms with E-state index in [2.05, 4.69) is 4.98 Å². The van der Waals surface area contributed by atoms with E-state index in [0.29, 0.717) is 5.75 Å². The van der Waals surface area contributed by atoms with Crippen LogP contribution in [0.15, 0.2) is 35.1 Å². The molecule has 4 nitrogen and oxygen atoms in total. The molecule has 5 heteroatoms. The minimum absolute atomic E-state index is 0.0534. The van der Waals surface area contributed by atoms with Gasteiger partial charge in [-0.15, -0.1) is 0 Å². The standard InChI is InChI=1S/C11H8ClNO3/c1-15-8-3-2-5-13-9(8)10(14)7-4-6-16-11(7)12/h2-6H,1H3. The van der Waals surface area contributed by atoms with E-state index in [9.17, 15) is 4.79 Å². The topological polar surface area (TPSA) is 52.3 Å². The van der Waals surface area contributed by atoms with Gasteiger partial charge in [-0.05, 0) is 29.8 Å². The number of hydrogen-bond donors (Lipinski definition) is 0. The highest BCUT2D eigenvalue weighted by atomic mass is 35.5. The van der Waals surface area contributed by atoms with Crippen LogP contribution in [0, 0.1) is 0 Å². The Labute approximate surface area is 96.8 Å². The van der Waals surface area contributed by atoms with Gasteiger partial charge in [0.15, 0.2) is 5.69 Å². The second-order valence-electron chi connectivity index (χ2n) is 2.99. The van der Waals surface area contributed by atoms with Gasteiger partial charge in [-0.1, -0.05) is 0 Å². The first-order valence-electron chi connectivity index (χ1n) is 4.50. The third kappa shape index (κ3) is 1.79. The van der Waals surface area contributed by atoms with Gasteiger partial charge in [0.2, 0.25) is 11.0 Å². The van der Waals surface area contributed by atoms with E-state index in [-0.39, 0.29) is 22.3 Å². The molecule has 0 spiro atoms. The Morgan fingerprint density at radius 3 is 2.94 bits per heavy atom. The number of carbonyl (C=O) groups is 1. The highest BCUT2D eigenvalue weighted by Crippen LogP contribution is 2.23. The van der Waals surface area contributed by atoms with Crippen molar-refractivity contribution in [1.29, 1.82) is 0 Å². The SMILES string of the molecule is COc1cccnc1C(=O)c1ccoc1Cl. The van der Waals surface area contributed by atoms with Crippen LogP contribution in [0.25, 0.3) is 0 Å². The van der Waals surface area contributed by atoms with Crippen LogP contribution in [0.3, 0.4) is 0 Å². The molecule has 0 aliphatic heterocycles. The van der Waals surface area contributed by atoms with Crippen LogP contribution in [0.1, 0.15) is 16.1 Å². The van der Waals surface area contributed by atoms with Crippen molar-refractivity contribution in [2.45, 2.75) is 0 Å². The molecule has 0 unspecified atom stereocenters. The van der Waals surface area contributed by atoms with Crippen LogP contribution >= 0.6 is 11.6 Å². The van der Waals surface area contributed by atoms with Crippen molar-refractivity contribution in [1.82, 2.24) is 4.98 Å². The maximum absolute atomic E-state index is 12.0. The average molecular weight is 238 g/mol. The monoisotopic (exact) mass is 237 g/mol. The molecule has 2 heterocycles. The fourth-order valence-corrected chi connectivity index (χ4v) is 1.51. The Balaban J connectivity index is 2.46. The second kappa shape index (κ2) is 4.37. The minimum Gasteiger partial charge on any atom is -0.494 e. The summed E-state index contributed by atoms with van der Waals surface area (Å²) in [5.74, 6) is 0.0842. The van der Waals surface area contributed by atoms with Gasteiger partial charge in [0, 0.05) is 6.20 Å². The van der Waals surface area contributed by atoms with E-state index in [4.69, 9.17) is 20.8 Å². The Bertz CT molecular complexity index is 521. The summed E-state index contributed by atoms with van der Waals surface area (Å²) in [6, 6.07) is 4.85. The molecule has 0 aromatic carbocycles. The lowest BCUT2D eigenvalue weighted by molar-refractivity contribution is 0.103. The van der Waals surface area contributed by atoms with Crippen molar-refractivity contribution >= 4 is 17.4 Å². The van der Waals surface area contributed by atoms with Crippen molar-refractivity contribution in [3.05, 3.63) is 47.1 Å². The molecule has 0 radical (unpaired) electrons. The molecular weight excluding hydrogens is 230 g/mol. The molecule has 82 valence electrons. The van der Waals surface area contributed by atoms with Gasteiger partial charge < -0.3 is 9.15 Å². The third-order valence-corrected chi connectivity index (χ3v) is 2.36. The number of hydrogen-bond acceptors (Lipinski definition) is 4. The summed E-state index contributed by atoms with van der Waals surface area (Å²) in [7, 11) is 1.48. The highest BCUT2D eigenvalue weighted by Gasteiger charge is 2.19. The number of aromatic nitrogens is 1. The Kier molecular flexibility index (Phi) is 2.92. The number of pyridine rings is 1. The first-order valence-corrected chi connectivity index (χ1v) is 4.88. The summed E-state index contributed by atoms with van der Waals surface area (Å²) >= 11 is 5.72. The van der Waals surface area contributed by atoms with Crippen LogP contribution in [-0.2, 0) is 0 Å². The number of carbonyl (C=O) groups excluding carboxylic acids is 1. The molecular formula is C11H8ClNO3. The Morgan fingerprint density at radius 1 is 1.50 bits per heavy atom. The number of furan rings is 1. The third-order valence-electron chi connectivity index (χ3n) is 2.07. The quantitative estimate of drug-likeness (QED) is 0.770. The van der Waals surface area contributed by atoms with Gasteiger partial charge in [0.1, 0.15) is 5.75 Å². The summed E-state index contributed by atoms with van der Waals surface area (Å²) in [6.07, 6.45) is 2.87. The second-order valence-corrected chi connectivity index (χ2v) is 3.33. The Hall–Kier alpha value is -1.81. The number of ketones is 1. The number of nitrogens with zero attached hydrogens (tertiary/aromatic N) is 1. The van der Waals surface area contributed by atoms with E-state index in [1.165, 1.54) is 25.6 Å². The zero-order valence-electron chi connectivity index (χ0n) is 8.44. The molecule has 2 aromatic heterocycles. The van der Waals surface area contributed by atoms with Gasteiger partial charge in [-0.3, -0.25) is 4.79 Å². The summed E-state index contributed by atoms with van der Waals surface area (Å²) < 4.78 is 9.90. The number of methoxy groups -OCH3 is 1. The van der Waals surface area contributed by atoms with Gasteiger partial charge in [-0.2, -0.15) is 0 Å². The Morgan fingerprint density at radius 2 is 2.31 bits per heavy atom. The van der Waals surface area contributed by atoms with Crippen LogP contribution < -0.4 is 4.74 Å². The van der Waals surface area contributed by atoms with E-state index in [0.717, 1.165) is 0 Å². The molecule has 0 bridgehead atoms. The smallest absolute Gasteiger partial charge is 0.219 e. The molecule has 2 rings (SSSR count). The molecule has 0 aliphatic carbocycles. The lowest BCUT2D eigenvalue weighted by atomic mass is 10.1. The number of rotatable bonds is 3. The highest BCUT2D eigenvalue weighted by molar-refractivity contribution is 6.33. The molecule has 0 fully saturated rings. The van der Waals surface area contributed by atoms with Crippen molar-refractivity contribution in [2.24, 2.45) is 0 Å². The largest absolute Gasteiger partial charge is 0.494 e. The van der Waals surface area contributed by atoms with E-state index in [1.807, 2.05) is 0 Å². The van der Waals surface area contributed by atoms with Gasteiger partial charge in [-0.25, -0.2) is 4.98 Å². The zero-order chi connectivity index (χ0) is 11.5. The first kappa shape index (κ1) is 10.7. The molecule has 0 amide bonds. The molecule has 0 atom stereocenters. The van der Waals surface area contributed by atoms with Crippen molar-refractivity contribution in [2.75, 3.05) is 7.11 Å². The molecule has 2 aromatic rings. The maximum Gasteiger partial charge on any atom is 0.219 e. The summed E-state index contributed by atoms with van der Waals surface area (Å²) in [4.78, 5) is 16.0. The van der Waals surface area contributed by atoms with Crippen LogP contribution in [0.2, 0.25) is 5.22 Å². The van der Waals surface area contributed by atoms with Crippen LogP contribution in [0.4, 0.5) is 0 Å². The average Bonchev–Trinajstić information content (AvgIpc) is 2.74. The normalized spacial score (nSPS) is 10.1. The van der Waals surface area contributed by atoms with Crippen molar-refractivity contribution < 1.29 is 13.9 Å². The lowest BCUT2D eigenvalue weighted by Crippen LogP contribution is -2.05. The molecule has 0 N–H and O–H groups in total. The molecule has 0 aliphatic rings. The zero-order valence-corrected chi connectivity index (χ0v) is 9.19. The fourth-order valence-electron chi connectivity index (χ4n) is 1.31. The van der Waals surface area contributed by atoms with Crippen molar-refractivity contribution in [3.8, 4) is 5.75 Å². The molecule has 0 saturated carbocycles. The minimum atomic E-state index is -0.323. The van der Waals surface area contributed by atoms with Crippen LogP contribution in [0.5, 0.6) is 5.75 Å². The molecule has 16 heavy (non-hydrogen) atoms. The van der Waals surface area contributed by atoms with E-state index >= 15 is 0 Å². The predicted molar refractivity (Wildman–Crippen MR) is 57.9 cm³/mol. The first-order chi connectivity index (χ1) is 7.74. The fraction of sp³-hybridized carbons (Fsp3) is 0.0909. The van der Waals surface area contributed by atoms with Gasteiger partial charge >= 0.3 is 0 Å².